The van der Waals surface area contributed by atoms with Crippen molar-refractivity contribution in [1.29, 1.82) is 0 Å². The zero-order valence-corrected chi connectivity index (χ0v) is 19.2. The second-order valence-electron chi connectivity index (χ2n) is 7.53. The summed E-state index contributed by atoms with van der Waals surface area (Å²) < 4.78 is 26.1. The van der Waals surface area contributed by atoms with Gasteiger partial charge in [0.2, 0.25) is 15.9 Å². The molecule has 0 aliphatic heterocycles. The zero-order valence-electron chi connectivity index (χ0n) is 17.7. The lowest BCUT2D eigenvalue weighted by Gasteiger charge is -2.26. The normalized spacial score (nSPS) is 12.3. The molecule has 0 aliphatic carbocycles. The Bertz CT molecular complexity index is 1180. The van der Waals surface area contributed by atoms with Crippen molar-refractivity contribution in [2.75, 3.05) is 17.1 Å². The topological polar surface area (TPSA) is 66.5 Å². The van der Waals surface area contributed by atoms with E-state index < -0.39 is 22.0 Å². The maximum atomic E-state index is 13.1. The van der Waals surface area contributed by atoms with Crippen LogP contribution in [0.15, 0.2) is 72.8 Å². The van der Waals surface area contributed by atoms with Crippen molar-refractivity contribution < 1.29 is 13.2 Å². The van der Waals surface area contributed by atoms with E-state index >= 15 is 0 Å². The van der Waals surface area contributed by atoms with Crippen molar-refractivity contribution in [2.24, 2.45) is 0 Å². The molecule has 7 heteroatoms. The van der Waals surface area contributed by atoms with Crippen LogP contribution in [0.5, 0.6) is 0 Å². The molecule has 0 saturated heterocycles. The van der Waals surface area contributed by atoms with E-state index in [9.17, 15) is 13.2 Å². The highest BCUT2D eigenvalue weighted by atomic mass is 35.5. The number of hydrogen-bond acceptors (Lipinski definition) is 3. The van der Waals surface area contributed by atoms with E-state index in [4.69, 9.17) is 11.6 Å². The average Bonchev–Trinajstić information content (AvgIpc) is 2.71. The summed E-state index contributed by atoms with van der Waals surface area (Å²) in [5, 5.41) is 3.51. The van der Waals surface area contributed by atoms with Gasteiger partial charge >= 0.3 is 0 Å². The Morgan fingerprint density at radius 3 is 2.26 bits per heavy atom. The van der Waals surface area contributed by atoms with Crippen molar-refractivity contribution in [3.63, 3.8) is 0 Å². The third kappa shape index (κ3) is 5.87. The molecule has 0 aromatic heterocycles. The summed E-state index contributed by atoms with van der Waals surface area (Å²) >= 11 is 6.01. The molecule has 3 aromatic rings. The molecule has 5 nitrogen and oxygen atoms in total. The predicted octanol–water partition coefficient (Wildman–Crippen LogP) is 4.63. The first-order valence-corrected chi connectivity index (χ1v) is 12.0. The van der Waals surface area contributed by atoms with Crippen LogP contribution < -0.4 is 9.62 Å². The van der Waals surface area contributed by atoms with Gasteiger partial charge in [0.25, 0.3) is 0 Å². The van der Waals surface area contributed by atoms with Gasteiger partial charge in [-0.2, -0.15) is 0 Å². The monoisotopic (exact) mass is 456 g/mol. The van der Waals surface area contributed by atoms with Gasteiger partial charge in [0.05, 0.1) is 18.0 Å². The minimum atomic E-state index is -3.69. The van der Waals surface area contributed by atoms with Gasteiger partial charge in [-0.05, 0) is 48.7 Å². The number of hydrogen-bond donors (Lipinski definition) is 1. The largest absolute Gasteiger partial charge is 0.344 e. The molecule has 1 atom stereocenters. The lowest BCUT2D eigenvalue weighted by Crippen LogP contribution is -2.42. The molecule has 0 radical (unpaired) electrons. The quantitative estimate of drug-likeness (QED) is 0.563. The standard InChI is InChI=1S/C24H25ClN2O3S/c1-17-8-7-11-20(14-17)24(19-9-5-4-6-10-19)26-23(28)16-27(31(3,29)30)22-13-12-21(25)15-18(22)2/h4-15,24H,16H2,1-3H3,(H,26,28). The van der Waals surface area contributed by atoms with E-state index in [0.717, 1.165) is 27.3 Å². The Kier molecular flexibility index (Phi) is 7.03. The highest BCUT2D eigenvalue weighted by Gasteiger charge is 2.25. The van der Waals surface area contributed by atoms with Crippen molar-refractivity contribution in [3.8, 4) is 0 Å². The van der Waals surface area contributed by atoms with E-state index in [1.165, 1.54) is 0 Å². The van der Waals surface area contributed by atoms with Gasteiger partial charge in [-0.3, -0.25) is 9.10 Å². The van der Waals surface area contributed by atoms with Crippen LogP contribution in [0.1, 0.15) is 28.3 Å². The number of rotatable bonds is 7. The minimum Gasteiger partial charge on any atom is -0.344 e. The molecule has 0 heterocycles. The Labute approximate surface area is 188 Å². The summed E-state index contributed by atoms with van der Waals surface area (Å²) in [5.41, 5.74) is 4.00. The summed E-state index contributed by atoms with van der Waals surface area (Å²) in [6.45, 7) is 3.41. The van der Waals surface area contributed by atoms with Crippen LogP contribution >= 0.6 is 11.6 Å². The first kappa shape index (κ1) is 22.8. The number of nitrogens with one attached hydrogen (secondary N) is 1. The van der Waals surface area contributed by atoms with Gasteiger partial charge in [-0.25, -0.2) is 8.42 Å². The Balaban J connectivity index is 1.91. The lowest BCUT2D eigenvalue weighted by atomic mass is 9.97. The fraction of sp³-hybridized carbons (Fsp3) is 0.208. The number of carbonyl (C=O) groups excluding carboxylic acids is 1. The highest BCUT2D eigenvalue weighted by molar-refractivity contribution is 7.92. The number of carbonyl (C=O) groups is 1. The highest BCUT2D eigenvalue weighted by Crippen LogP contribution is 2.26. The lowest BCUT2D eigenvalue weighted by molar-refractivity contribution is -0.120. The number of nitrogens with zero attached hydrogens (tertiary/aromatic N) is 1. The molecule has 3 aromatic carbocycles. The van der Waals surface area contributed by atoms with Gasteiger partial charge in [-0.15, -0.1) is 0 Å². The number of anilines is 1. The number of aryl methyl sites for hydroxylation is 2. The van der Waals surface area contributed by atoms with Crippen molar-refractivity contribution in [3.05, 3.63) is 100 Å². The van der Waals surface area contributed by atoms with Crippen molar-refractivity contribution in [2.45, 2.75) is 19.9 Å². The van der Waals surface area contributed by atoms with Crippen LogP contribution in [0.25, 0.3) is 0 Å². The molecule has 1 N–H and O–H groups in total. The smallest absolute Gasteiger partial charge is 0.241 e. The van der Waals surface area contributed by atoms with E-state index in [-0.39, 0.29) is 6.54 Å². The van der Waals surface area contributed by atoms with Gasteiger partial charge in [-0.1, -0.05) is 71.8 Å². The number of benzene rings is 3. The van der Waals surface area contributed by atoms with Gasteiger partial charge < -0.3 is 5.32 Å². The fourth-order valence-corrected chi connectivity index (χ4v) is 4.61. The molecule has 31 heavy (non-hydrogen) atoms. The first-order chi connectivity index (χ1) is 14.6. The van der Waals surface area contributed by atoms with E-state index in [2.05, 4.69) is 5.32 Å². The number of amides is 1. The average molecular weight is 457 g/mol. The van der Waals surface area contributed by atoms with Crippen molar-refractivity contribution >= 4 is 33.2 Å². The molecular formula is C24H25ClN2O3S. The third-order valence-corrected chi connectivity index (χ3v) is 6.29. The fourth-order valence-electron chi connectivity index (χ4n) is 3.47. The molecule has 0 spiro atoms. The molecule has 0 saturated carbocycles. The van der Waals surface area contributed by atoms with Crippen LogP contribution in [0.2, 0.25) is 5.02 Å². The zero-order chi connectivity index (χ0) is 22.6. The van der Waals surface area contributed by atoms with E-state index in [1.807, 2.05) is 61.5 Å². The molecule has 1 amide bonds. The maximum Gasteiger partial charge on any atom is 0.241 e. The van der Waals surface area contributed by atoms with Gasteiger partial charge in [0.15, 0.2) is 0 Å². The van der Waals surface area contributed by atoms with E-state index in [0.29, 0.717) is 16.3 Å². The molecule has 0 bridgehead atoms. The van der Waals surface area contributed by atoms with Gasteiger partial charge in [0.1, 0.15) is 6.54 Å². The summed E-state index contributed by atoms with van der Waals surface area (Å²) in [7, 11) is -3.69. The SMILES string of the molecule is Cc1cccc(C(NC(=O)CN(c2ccc(Cl)cc2C)S(C)(=O)=O)c2ccccc2)c1. The maximum absolute atomic E-state index is 13.1. The minimum absolute atomic E-state index is 0.337. The Hall–Kier alpha value is -2.83. The Morgan fingerprint density at radius 1 is 0.968 bits per heavy atom. The Morgan fingerprint density at radius 2 is 1.65 bits per heavy atom. The number of halogens is 1. The molecule has 162 valence electrons. The summed E-state index contributed by atoms with van der Waals surface area (Å²) in [4.78, 5) is 13.1. The molecule has 3 rings (SSSR count). The van der Waals surface area contributed by atoms with Crippen LogP contribution in [-0.2, 0) is 14.8 Å². The summed E-state index contributed by atoms with van der Waals surface area (Å²) in [6, 6.07) is 22.0. The predicted molar refractivity (Wildman–Crippen MR) is 126 cm³/mol. The van der Waals surface area contributed by atoms with Crippen molar-refractivity contribution in [1.82, 2.24) is 5.32 Å². The van der Waals surface area contributed by atoms with Gasteiger partial charge in [0, 0.05) is 5.02 Å². The molecule has 1 unspecified atom stereocenters. The van der Waals surface area contributed by atoms with Crippen LogP contribution in [0.4, 0.5) is 5.69 Å². The number of sulfonamides is 1. The van der Waals surface area contributed by atoms with Crippen LogP contribution in [-0.4, -0.2) is 27.1 Å². The third-order valence-electron chi connectivity index (χ3n) is 4.93. The van der Waals surface area contributed by atoms with Crippen LogP contribution in [0, 0.1) is 13.8 Å². The summed E-state index contributed by atoms with van der Waals surface area (Å²) in [6.07, 6.45) is 1.09. The first-order valence-electron chi connectivity index (χ1n) is 9.80. The molecular weight excluding hydrogens is 432 g/mol. The van der Waals surface area contributed by atoms with Crippen LogP contribution in [0.3, 0.4) is 0 Å². The van der Waals surface area contributed by atoms with E-state index in [1.54, 1.807) is 25.1 Å². The summed E-state index contributed by atoms with van der Waals surface area (Å²) in [5.74, 6) is -0.407. The molecule has 0 aliphatic rings. The second kappa shape index (κ2) is 9.54. The molecule has 0 fully saturated rings. The second-order valence-corrected chi connectivity index (χ2v) is 9.87.